The Bertz CT molecular complexity index is 481. The molecule has 1 aliphatic heterocycles. The Balaban J connectivity index is 1.90. The van der Waals surface area contributed by atoms with Crippen molar-refractivity contribution in [3.05, 3.63) is 33.3 Å². The van der Waals surface area contributed by atoms with Crippen LogP contribution in [-0.4, -0.2) is 29.1 Å². The van der Waals surface area contributed by atoms with Crippen molar-refractivity contribution in [1.82, 2.24) is 4.90 Å². The van der Waals surface area contributed by atoms with Gasteiger partial charge < -0.3 is 5.11 Å². The van der Waals surface area contributed by atoms with E-state index in [1.165, 1.54) is 5.56 Å². The third kappa shape index (κ3) is 4.76. The number of nitrogens with zero attached hydrogens (tertiary/aromatic N) is 1. The maximum absolute atomic E-state index is 10.7. The highest BCUT2D eigenvalue weighted by atomic mass is 79.9. The van der Waals surface area contributed by atoms with E-state index in [9.17, 15) is 4.79 Å². The van der Waals surface area contributed by atoms with E-state index < -0.39 is 5.97 Å². The van der Waals surface area contributed by atoms with Gasteiger partial charge in [0.1, 0.15) is 0 Å². The predicted octanol–water partition coefficient (Wildman–Crippen LogP) is 4.18. The molecule has 1 unspecified atom stereocenters. The van der Waals surface area contributed by atoms with E-state index >= 15 is 0 Å². The van der Waals surface area contributed by atoms with Crippen molar-refractivity contribution in [2.24, 2.45) is 5.92 Å². The van der Waals surface area contributed by atoms with Crippen LogP contribution in [0.25, 0.3) is 0 Å². The molecule has 1 aromatic carbocycles. The second-order valence-electron chi connectivity index (χ2n) is 5.41. The van der Waals surface area contributed by atoms with Crippen molar-refractivity contribution in [1.29, 1.82) is 0 Å². The maximum Gasteiger partial charge on any atom is 0.303 e. The van der Waals surface area contributed by atoms with Crippen molar-refractivity contribution in [3.63, 3.8) is 0 Å². The number of benzene rings is 1. The van der Waals surface area contributed by atoms with Crippen LogP contribution in [0.5, 0.6) is 0 Å². The summed E-state index contributed by atoms with van der Waals surface area (Å²) in [6.07, 6.45) is 3.36. The maximum atomic E-state index is 10.7. The van der Waals surface area contributed by atoms with Gasteiger partial charge in [-0.1, -0.05) is 33.6 Å². The number of carbonyl (C=O) groups is 1. The number of hydrogen-bond donors (Lipinski definition) is 1. The van der Waals surface area contributed by atoms with Crippen LogP contribution < -0.4 is 0 Å². The summed E-state index contributed by atoms with van der Waals surface area (Å²) in [6, 6.07) is 5.88. The van der Waals surface area contributed by atoms with Crippen LogP contribution in [-0.2, 0) is 11.3 Å². The average molecular weight is 361 g/mol. The monoisotopic (exact) mass is 359 g/mol. The fraction of sp³-hybridized carbons (Fsp3) is 0.533. The summed E-state index contributed by atoms with van der Waals surface area (Å²) in [5.74, 6) is -0.187. The number of likely N-dealkylation sites (tertiary alicyclic amines) is 1. The van der Waals surface area contributed by atoms with E-state index in [0.717, 1.165) is 48.4 Å². The molecule has 5 heteroatoms. The SMILES string of the molecule is O=C(O)CCC1CCCN(Cc2ccc(Cl)cc2Br)C1. The summed E-state index contributed by atoms with van der Waals surface area (Å²) in [6.45, 7) is 2.96. The highest BCUT2D eigenvalue weighted by molar-refractivity contribution is 9.10. The van der Waals surface area contributed by atoms with Gasteiger partial charge in [0.05, 0.1) is 0 Å². The smallest absolute Gasteiger partial charge is 0.303 e. The van der Waals surface area contributed by atoms with E-state index in [4.69, 9.17) is 16.7 Å². The molecule has 1 heterocycles. The quantitative estimate of drug-likeness (QED) is 0.856. The Kier molecular flexibility index (Phi) is 5.87. The van der Waals surface area contributed by atoms with Gasteiger partial charge in [0.25, 0.3) is 0 Å². The number of carboxylic acids is 1. The van der Waals surface area contributed by atoms with Gasteiger partial charge in [-0.2, -0.15) is 0 Å². The Morgan fingerprint density at radius 3 is 3.00 bits per heavy atom. The number of piperidine rings is 1. The molecule has 0 amide bonds. The van der Waals surface area contributed by atoms with E-state index in [1.54, 1.807) is 0 Å². The molecule has 0 aromatic heterocycles. The fourth-order valence-corrected chi connectivity index (χ4v) is 3.56. The Morgan fingerprint density at radius 1 is 1.50 bits per heavy atom. The molecule has 0 aliphatic carbocycles. The Labute approximate surface area is 133 Å². The molecule has 2 rings (SSSR count). The Hall–Kier alpha value is -0.580. The van der Waals surface area contributed by atoms with Gasteiger partial charge >= 0.3 is 5.97 Å². The number of aliphatic carboxylic acids is 1. The van der Waals surface area contributed by atoms with Gasteiger partial charge in [0, 0.05) is 29.0 Å². The highest BCUT2D eigenvalue weighted by Gasteiger charge is 2.21. The number of halogens is 2. The summed E-state index contributed by atoms with van der Waals surface area (Å²) in [5, 5.41) is 9.51. The van der Waals surface area contributed by atoms with Crippen molar-refractivity contribution >= 4 is 33.5 Å². The van der Waals surface area contributed by atoms with E-state index in [1.807, 2.05) is 18.2 Å². The lowest BCUT2D eigenvalue weighted by atomic mass is 9.93. The molecule has 0 spiro atoms. The highest BCUT2D eigenvalue weighted by Crippen LogP contribution is 2.26. The summed E-state index contributed by atoms with van der Waals surface area (Å²) in [5.41, 5.74) is 1.23. The first-order chi connectivity index (χ1) is 9.54. The second kappa shape index (κ2) is 7.43. The number of hydrogen-bond acceptors (Lipinski definition) is 2. The zero-order chi connectivity index (χ0) is 14.5. The van der Waals surface area contributed by atoms with Gasteiger partial charge in [-0.15, -0.1) is 0 Å². The van der Waals surface area contributed by atoms with Crippen LogP contribution in [0.15, 0.2) is 22.7 Å². The lowest BCUT2D eigenvalue weighted by Gasteiger charge is -2.32. The molecule has 1 atom stereocenters. The van der Waals surface area contributed by atoms with Crippen LogP contribution in [0.1, 0.15) is 31.2 Å². The lowest BCUT2D eigenvalue weighted by molar-refractivity contribution is -0.137. The summed E-state index contributed by atoms with van der Waals surface area (Å²) in [4.78, 5) is 13.1. The minimum absolute atomic E-state index is 0.281. The predicted molar refractivity (Wildman–Crippen MR) is 84.0 cm³/mol. The van der Waals surface area contributed by atoms with Gasteiger partial charge in [-0.05, 0) is 49.4 Å². The van der Waals surface area contributed by atoms with E-state index in [-0.39, 0.29) is 6.42 Å². The molecule has 110 valence electrons. The molecule has 0 bridgehead atoms. The number of rotatable bonds is 5. The van der Waals surface area contributed by atoms with Crippen molar-refractivity contribution < 1.29 is 9.90 Å². The van der Waals surface area contributed by atoms with Crippen LogP contribution in [0, 0.1) is 5.92 Å². The summed E-state index contributed by atoms with van der Waals surface area (Å²) >= 11 is 9.50. The molecule has 1 N–H and O–H groups in total. The second-order valence-corrected chi connectivity index (χ2v) is 6.70. The molecule has 20 heavy (non-hydrogen) atoms. The van der Waals surface area contributed by atoms with Crippen molar-refractivity contribution in [3.8, 4) is 0 Å². The van der Waals surface area contributed by atoms with Crippen molar-refractivity contribution in [2.45, 2.75) is 32.2 Å². The van der Waals surface area contributed by atoms with Crippen LogP contribution in [0.2, 0.25) is 5.02 Å². The van der Waals surface area contributed by atoms with Gasteiger partial charge in [0.15, 0.2) is 0 Å². The zero-order valence-electron chi connectivity index (χ0n) is 11.3. The standard InChI is InChI=1S/C15H19BrClNO2/c16-14-8-13(17)5-4-12(14)10-18-7-1-2-11(9-18)3-6-15(19)20/h4-5,8,11H,1-3,6-7,9-10H2,(H,19,20). The topological polar surface area (TPSA) is 40.5 Å². The van der Waals surface area contributed by atoms with E-state index in [2.05, 4.69) is 20.8 Å². The molecule has 3 nitrogen and oxygen atoms in total. The molecule has 1 aromatic rings. The first-order valence-corrected chi connectivity index (χ1v) is 8.10. The van der Waals surface area contributed by atoms with Crippen LogP contribution in [0.4, 0.5) is 0 Å². The summed E-state index contributed by atoms with van der Waals surface area (Å²) < 4.78 is 1.04. The third-order valence-corrected chi connectivity index (χ3v) is 4.75. The summed E-state index contributed by atoms with van der Waals surface area (Å²) in [7, 11) is 0. The normalized spacial score (nSPS) is 20.0. The molecular formula is C15H19BrClNO2. The molecule has 1 fully saturated rings. The first kappa shape index (κ1) is 15.8. The van der Waals surface area contributed by atoms with Crippen LogP contribution in [0.3, 0.4) is 0 Å². The van der Waals surface area contributed by atoms with Gasteiger partial charge in [0.2, 0.25) is 0 Å². The van der Waals surface area contributed by atoms with E-state index in [0.29, 0.717) is 5.92 Å². The Morgan fingerprint density at radius 2 is 2.30 bits per heavy atom. The largest absolute Gasteiger partial charge is 0.481 e. The first-order valence-electron chi connectivity index (χ1n) is 6.92. The van der Waals surface area contributed by atoms with Gasteiger partial charge in [-0.3, -0.25) is 9.69 Å². The molecule has 1 saturated heterocycles. The minimum atomic E-state index is -0.692. The van der Waals surface area contributed by atoms with Gasteiger partial charge in [-0.25, -0.2) is 0 Å². The molecule has 1 aliphatic rings. The lowest BCUT2D eigenvalue weighted by Crippen LogP contribution is -2.35. The third-order valence-electron chi connectivity index (χ3n) is 3.78. The average Bonchev–Trinajstić information content (AvgIpc) is 2.40. The fourth-order valence-electron chi connectivity index (χ4n) is 2.75. The van der Waals surface area contributed by atoms with Crippen molar-refractivity contribution in [2.75, 3.05) is 13.1 Å². The zero-order valence-corrected chi connectivity index (χ0v) is 13.7. The van der Waals surface area contributed by atoms with Crippen LogP contribution >= 0.6 is 27.5 Å². The molecular weight excluding hydrogens is 342 g/mol. The molecule has 0 radical (unpaired) electrons. The minimum Gasteiger partial charge on any atom is -0.481 e. The molecule has 0 saturated carbocycles. The number of carboxylic acid groups (broad SMARTS) is 1.